The molecule has 0 atom stereocenters. The molecule has 6 nitrogen and oxygen atoms in total. The fraction of sp³-hybridized carbons (Fsp3) is 0.625. The summed E-state index contributed by atoms with van der Waals surface area (Å²) in [7, 11) is 2.18. The third-order valence-electron chi connectivity index (χ3n) is 4.22. The second kappa shape index (κ2) is 10.0. The number of hydrogen-bond acceptors (Lipinski definition) is 5. The van der Waals surface area contributed by atoms with E-state index in [1.54, 1.807) is 0 Å². The molecule has 0 bridgehead atoms. The Kier molecular flexibility index (Phi) is 8.76. The predicted octanol–water partition coefficient (Wildman–Crippen LogP) is 2.82. The van der Waals surface area contributed by atoms with Gasteiger partial charge in [0, 0.05) is 18.8 Å². The van der Waals surface area contributed by atoms with E-state index in [1.165, 1.54) is 0 Å². The summed E-state index contributed by atoms with van der Waals surface area (Å²) in [5.74, 6) is 0.919. The van der Waals surface area contributed by atoms with Gasteiger partial charge in [-0.2, -0.15) is 0 Å². The number of pyridine rings is 1. The van der Waals surface area contributed by atoms with E-state index in [0.717, 1.165) is 56.2 Å². The maximum Gasteiger partial charge on any atom is 0.205 e. The molecule has 1 N–H and O–H groups in total. The van der Waals surface area contributed by atoms with Gasteiger partial charge in [-0.15, -0.1) is 24.8 Å². The number of rotatable bonds is 6. The van der Waals surface area contributed by atoms with Crippen LogP contribution in [-0.2, 0) is 11.3 Å². The van der Waals surface area contributed by atoms with E-state index in [2.05, 4.69) is 26.8 Å². The van der Waals surface area contributed by atoms with Crippen LogP contribution >= 0.6 is 24.8 Å². The van der Waals surface area contributed by atoms with Crippen molar-refractivity contribution in [2.75, 3.05) is 38.7 Å². The fourth-order valence-corrected chi connectivity index (χ4v) is 2.92. The molecule has 0 unspecified atom stereocenters. The molecule has 3 heterocycles. The average molecular weight is 376 g/mol. The highest BCUT2D eigenvalue weighted by Crippen LogP contribution is 2.20. The molecule has 8 heteroatoms. The second-order valence-electron chi connectivity index (χ2n) is 5.85. The molecule has 2 aromatic heterocycles. The lowest BCUT2D eigenvalue weighted by atomic mass is 10.1. The molecule has 1 saturated heterocycles. The zero-order chi connectivity index (χ0) is 15.4. The molecule has 0 radical (unpaired) electrons. The minimum atomic E-state index is 0. The molecular formula is C16H27Cl2N5O. The summed E-state index contributed by atoms with van der Waals surface area (Å²) in [4.78, 5) is 11.6. The monoisotopic (exact) mass is 375 g/mol. The number of nitrogens with one attached hydrogen (secondary N) is 1. The van der Waals surface area contributed by atoms with E-state index >= 15 is 0 Å². The zero-order valence-corrected chi connectivity index (χ0v) is 15.9. The minimum absolute atomic E-state index is 0. The van der Waals surface area contributed by atoms with Crippen molar-refractivity contribution >= 4 is 41.9 Å². The number of piperidine rings is 1. The van der Waals surface area contributed by atoms with Crippen LogP contribution in [0.25, 0.3) is 11.2 Å². The first kappa shape index (κ1) is 21.0. The maximum atomic E-state index is 5.50. The highest BCUT2D eigenvalue weighted by molar-refractivity contribution is 5.85. The minimum Gasteiger partial charge on any atom is -0.380 e. The van der Waals surface area contributed by atoms with Gasteiger partial charge in [0.15, 0.2) is 5.65 Å². The number of anilines is 1. The van der Waals surface area contributed by atoms with Crippen molar-refractivity contribution in [2.45, 2.75) is 32.4 Å². The molecule has 24 heavy (non-hydrogen) atoms. The molecule has 1 fully saturated rings. The zero-order valence-electron chi connectivity index (χ0n) is 14.3. The van der Waals surface area contributed by atoms with Gasteiger partial charge in [-0.3, -0.25) is 4.57 Å². The van der Waals surface area contributed by atoms with Gasteiger partial charge in [0.2, 0.25) is 5.95 Å². The lowest BCUT2D eigenvalue weighted by Gasteiger charge is -2.29. The van der Waals surface area contributed by atoms with Crippen molar-refractivity contribution < 1.29 is 4.74 Å². The Labute approximate surface area is 155 Å². The normalized spacial score (nSPS) is 15.8. The Morgan fingerprint density at radius 3 is 2.75 bits per heavy atom. The van der Waals surface area contributed by atoms with Gasteiger partial charge in [0.1, 0.15) is 5.52 Å². The smallest absolute Gasteiger partial charge is 0.205 e. The first-order chi connectivity index (χ1) is 10.8. The standard InChI is InChI=1S/C16H25N5O.2ClH/c1-3-22-12-11-21-15-14(5-4-8-17-15)19-16(21)18-13-6-9-20(2)10-7-13;;/h4-5,8,13H,3,6-7,9-12H2,1-2H3,(H,18,19);2*1H. The summed E-state index contributed by atoms with van der Waals surface area (Å²) in [5.41, 5.74) is 1.87. The molecule has 0 aliphatic carbocycles. The quantitative estimate of drug-likeness (QED) is 0.786. The van der Waals surface area contributed by atoms with Crippen LogP contribution in [0, 0.1) is 0 Å². The molecule has 0 amide bonds. The number of hydrogen-bond donors (Lipinski definition) is 1. The van der Waals surface area contributed by atoms with Crippen molar-refractivity contribution in [3.05, 3.63) is 18.3 Å². The molecule has 3 rings (SSSR count). The van der Waals surface area contributed by atoms with Crippen molar-refractivity contribution in [1.29, 1.82) is 0 Å². The first-order valence-corrected chi connectivity index (χ1v) is 8.12. The van der Waals surface area contributed by atoms with Crippen LogP contribution in [0.5, 0.6) is 0 Å². The van der Waals surface area contributed by atoms with Crippen LogP contribution in [0.3, 0.4) is 0 Å². The van der Waals surface area contributed by atoms with Gasteiger partial charge in [0.05, 0.1) is 13.2 Å². The van der Waals surface area contributed by atoms with E-state index in [4.69, 9.17) is 9.72 Å². The number of fused-ring (bicyclic) bond motifs is 1. The molecule has 2 aromatic rings. The molecule has 136 valence electrons. The lowest BCUT2D eigenvalue weighted by molar-refractivity contribution is 0.140. The molecule has 0 aromatic carbocycles. The van der Waals surface area contributed by atoms with Crippen molar-refractivity contribution in [1.82, 2.24) is 19.4 Å². The summed E-state index contributed by atoms with van der Waals surface area (Å²) in [6, 6.07) is 4.43. The van der Waals surface area contributed by atoms with Crippen LogP contribution in [0.2, 0.25) is 0 Å². The highest BCUT2D eigenvalue weighted by atomic mass is 35.5. The van der Waals surface area contributed by atoms with Gasteiger partial charge in [0.25, 0.3) is 0 Å². The Hall–Kier alpha value is -1.08. The van der Waals surface area contributed by atoms with Crippen molar-refractivity contribution in [2.24, 2.45) is 0 Å². The largest absolute Gasteiger partial charge is 0.380 e. The molecular weight excluding hydrogens is 349 g/mol. The lowest BCUT2D eigenvalue weighted by Crippen LogP contribution is -2.37. The van der Waals surface area contributed by atoms with Crippen LogP contribution in [0.4, 0.5) is 5.95 Å². The van der Waals surface area contributed by atoms with E-state index in [-0.39, 0.29) is 24.8 Å². The number of ether oxygens (including phenoxy) is 1. The average Bonchev–Trinajstić information content (AvgIpc) is 2.88. The number of aromatic nitrogens is 3. The van der Waals surface area contributed by atoms with Crippen LogP contribution in [0.1, 0.15) is 19.8 Å². The third-order valence-corrected chi connectivity index (χ3v) is 4.22. The topological polar surface area (TPSA) is 55.2 Å². The fourth-order valence-electron chi connectivity index (χ4n) is 2.92. The van der Waals surface area contributed by atoms with Gasteiger partial charge in [-0.05, 0) is 52.0 Å². The Bertz CT molecular complexity index is 614. The van der Waals surface area contributed by atoms with Gasteiger partial charge >= 0.3 is 0 Å². The second-order valence-corrected chi connectivity index (χ2v) is 5.85. The maximum absolute atomic E-state index is 5.50. The van der Waals surface area contributed by atoms with E-state index < -0.39 is 0 Å². The Balaban J connectivity index is 0.00000144. The summed E-state index contributed by atoms with van der Waals surface area (Å²) in [5, 5.41) is 3.62. The van der Waals surface area contributed by atoms with Crippen LogP contribution in [0.15, 0.2) is 18.3 Å². The first-order valence-electron chi connectivity index (χ1n) is 8.12. The summed E-state index contributed by atoms with van der Waals surface area (Å²) < 4.78 is 7.65. The summed E-state index contributed by atoms with van der Waals surface area (Å²) >= 11 is 0. The number of halogens is 2. The van der Waals surface area contributed by atoms with Gasteiger partial charge in [-0.1, -0.05) is 0 Å². The van der Waals surface area contributed by atoms with E-state index in [1.807, 2.05) is 25.3 Å². The van der Waals surface area contributed by atoms with Crippen LogP contribution in [-0.4, -0.2) is 58.8 Å². The summed E-state index contributed by atoms with van der Waals surface area (Å²) in [6.07, 6.45) is 4.12. The van der Waals surface area contributed by atoms with Crippen molar-refractivity contribution in [3.8, 4) is 0 Å². The highest BCUT2D eigenvalue weighted by Gasteiger charge is 2.19. The molecule has 1 aliphatic rings. The SMILES string of the molecule is CCOCCn1c(NC2CCN(C)CC2)nc2cccnc21.Cl.Cl. The molecule has 0 saturated carbocycles. The molecule has 1 aliphatic heterocycles. The molecule has 0 spiro atoms. The number of likely N-dealkylation sites (tertiary alicyclic amines) is 1. The third kappa shape index (κ3) is 4.96. The summed E-state index contributed by atoms with van der Waals surface area (Å²) in [6.45, 7) is 6.47. The van der Waals surface area contributed by atoms with Crippen molar-refractivity contribution in [3.63, 3.8) is 0 Å². The number of nitrogens with zero attached hydrogens (tertiary/aromatic N) is 4. The Morgan fingerprint density at radius 2 is 2.04 bits per heavy atom. The number of imidazole rings is 1. The Morgan fingerprint density at radius 1 is 1.29 bits per heavy atom. The van der Waals surface area contributed by atoms with Gasteiger partial charge < -0.3 is 15.0 Å². The van der Waals surface area contributed by atoms with Crippen LogP contribution < -0.4 is 5.32 Å². The van der Waals surface area contributed by atoms with Gasteiger partial charge in [-0.25, -0.2) is 9.97 Å². The van der Waals surface area contributed by atoms with E-state index in [0.29, 0.717) is 12.6 Å². The van der Waals surface area contributed by atoms with E-state index in [9.17, 15) is 0 Å². The predicted molar refractivity (Wildman–Crippen MR) is 103 cm³/mol.